The molecule has 1 aliphatic rings. The maximum absolute atomic E-state index is 13.5. The molecule has 2 heterocycles. The molecule has 1 fully saturated rings. The average molecular weight is 439 g/mol. The Morgan fingerprint density at radius 1 is 0.969 bits per heavy atom. The van der Waals surface area contributed by atoms with Crippen LogP contribution < -0.4 is 0 Å². The second-order valence-corrected chi connectivity index (χ2v) is 7.76. The van der Waals surface area contributed by atoms with Crippen LogP contribution in [0.5, 0.6) is 0 Å². The molecule has 2 aromatic carbocycles. The Bertz CT molecular complexity index is 1160. The number of carbonyl (C=O) groups is 2. The first-order chi connectivity index (χ1) is 15.4. The van der Waals surface area contributed by atoms with E-state index in [9.17, 15) is 18.4 Å². The van der Waals surface area contributed by atoms with E-state index < -0.39 is 12.0 Å². The maximum atomic E-state index is 13.5. The smallest absolute Gasteiger partial charge is 0.327 e. The molecule has 0 N–H and O–H groups in total. The molecule has 1 amide bonds. The zero-order chi connectivity index (χ0) is 22.8. The molecule has 0 spiro atoms. The third-order valence-electron chi connectivity index (χ3n) is 5.78. The lowest BCUT2D eigenvalue weighted by molar-refractivity contribution is -0.148. The van der Waals surface area contributed by atoms with Gasteiger partial charge in [-0.1, -0.05) is 12.1 Å². The number of methoxy groups -OCH3 is 1. The Labute approximate surface area is 184 Å². The minimum absolute atomic E-state index is 0.155. The van der Waals surface area contributed by atoms with Gasteiger partial charge in [0.1, 0.15) is 17.7 Å². The predicted octanol–water partition coefficient (Wildman–Crippen LogP) is 3.49. The molecule has 1 aromatic heterocycles. The highest BCUT2D eigenvalue weighted by atomic mass is 19.1. The van der Waals surface area contributed by atoms with Crippen LogP contribution in [0.15, 0.2) is 48.5 Å². The predicted molar refractivity (Wildman–Crippen MR) is 115 cm³/mol. The number of esters is 1. The zero-order valence-electron chi connectivity index (χ0n) is 17.8. The number of hydrogen-bond donors (Lipinski definition) is 0. The number of aromatic nitrogens is 1. The summed E-state index contributed by atoms with van der Waals surface area (Å²) in [6.07, 6.45) is 0. The SMILES string of the molecule is COC(=O)[C@@H](c1ccc(F)cc1)N1CCN(C(=O)c2cc3ccc(F)cc3nc2C)CC1. The van der Waals surface area contributed by atoms with Gasteiger partial charge < -0.3 is 9.64 Å². The summed E-state index contributed by atoms with van der Waals surface area (Å²) in [5.41, 5.74) is 2.15. The van der Waals surface area contributed by atoms with Crippen molar-refractivity contribution < 1.29 is 23.1 Å². The number of pyridine rings is 1. The number of rotatable bonds is 4. The minimum Gasteiger partial charge on any atom is -0.468 e. The zero-order valence-corrected chi connectivity index (χ0v) is 17.8. The van der Waals surface area contributed by atoms with E-state index in [0.717, 1.165) is 0 Å². The summed E-state index contributed by atoms with van der Waals surface area (Å²) in [6.45, 7) is 3.46. The first-order valence-electron chi connectivity index (χ1n) is 10.3. The summed E-state index contributed by atoms with van der Waals surface area (Å²) in [5, 5.41) is 0.695. The third kappa shape index (κ3) is 4.31. The summed E-state index contributed by atoms with van der Waals surface area (Å²) < 4.78 is 31.8. The molecule has 0 aliphatic carbocycles. The molecule has 6 nitrogen and oxygen atoms in total. The van der Waals surface area contributed by atoms with Crippen LogP contribution in [0.4, 0.5) is 8.78 Å². The van der Waals surface area contributed by atoms with Gasteiger partial charge in [0.05, 0.1) is 23.9 Å². The van der Waals surface area contributed by atoms with Gasteiger partial charge >= 0.3 is 5.97 Å². The van der Waals surface area contributed by atoms with Gasteiger partial charge in [0.15, 0.2) is 0 Å². The van der Waals surface area contributed by atoms with E-state index in [0.29, 0.717) is 53.9 Å². The third-order valence-corrected chi connectivity index (χ3v) is 5.78. The molecule has 0 bridgehead atoms. The van der Waals surface area contributed by atoms with Crippen molar-refractivity contribution >= 4 is 22.8 Å². The van der Waals surface area contributed by atoms with Gasteiger partial charge in [-0.3, -0.25) is 14.7 Å². The summed E-state index contributed by atoms with van der Waals surface area (Å²) in [5.74, 6) is -1.34. The van der Waals surface area contributed by atoms with Crippen LogP contribution in [0.3, 0.4) is 0 Å². The lowest BCUT2D eigenvalue weighted by Crippen LogP contribution is -2.51. The van der Waals surface area contributed by atoms with Gasteiger partial charge in [0.2, 0.25) is 0 Å². The maximum Gasteiger partial charge on any atom is 0.327 e. The van der Waals surface area contributed by atoms with E-state index in [1.54, 1.807) is 36.1 Å². The van der Waals surface area contributed by atoms with Crippen molar-refractivity contribution in [2.24, 2.45) is 0 Å². The van der Waals surface area contributed by atoms with Crippen molar-refractivity contribution in [1.82, 2.24) is 14.8 Å². The highest BCUT2D eigenvalue weighted by Crippen LogP contribution is 2.25. The number of fused-ring (bicyclic) bond motifs is 1. The molecule has 1 saturated heterocycles. The van der Waals surface area contributed by atoms with Crippen LogP contribution in [0.25, 0.3) is 10.9 Å². The molecular formula is C24H23F2N3O3. The molecule has 0 saturated carbocycles. The van der Waals surface area contributed by atoms with Crippen molar-refractivity contribution in [3.05, 3.63) is 77.0 Å². The van der Waals surface area contributed by atoms with Crippen LogP contribution in [0, 0.1) is 18.6 Å². The van der Waals surface area contributed by atoms with Crippen molar-refractivity contribution in [2.75, 3.05) is 33.3 Å². The van der Waals surface area contributed by atoms with Crippen molar-refractivity contribution in [2.45, 2.75) is 13.0 Å². The second kappa shape index (κ2) is 9.00. The fourth-order valence-electron chi connectivity index (χ4n) is 4.06. The number of benzene rings is 2. The Balaban J connectivity index is 1.51. The summed E-state index contributed by atoms with van der Waals surface area (Å²) in [6, 6.07) is 11.1. The molecular weight excluding hydrogens is 416 g/mol. The molecule has 3 aromatic rings. The Kier molecular flexibility index (Phi) is 6.14. The highest BCUT2D eigenvalue weighted by Gasteiger charge is 2.33. The Morgan fingerprint density at radius 3 is 2.28 bits per heavy atom. The molecule has 1 atom stereocenters. The molecule has 4 rings (SSSR count). The molecule has 1 aliphatic heterocycles. The normalized spacial score (nSPS) is 15.6. The summed E-state index contributed by atoms with van der Waals surface area (Å²) in [4.78, 5) is 33.7. The standard InChI is InChI=1S/C24H23F2N3O3/c1-15-20(13-17-5-8-19(26)14-21(17)27-15)23(30)29-11-9-28(10-12-29)22(24(31)32-2)16-3-6-18(25)7-4-16/h3-8,13-14,22H,9-12H2,1-2H3/t22-/m1/s1. The molecule has 0 radical (unpaired) electrons. The number of halogens is 2. The number of nitrogens with zero attached hydrogens (tertiary/aromatic N) is 3. The van der Waals surface area contributed by atoms with E-state index in [2.05, 4.69) is 4.98 Å². The van der Waals surface area contributed by atoms with Gasteiger partial charge in [-0.05, 0) is 42.8 Å². The fraction of sp³-hybridized carbons (Fsp3) is 0.292. The minimum atomic E-state index is -0.670. The van der Waals surface area contributed by atoms with Gasteiger partial charge in [-0.15, -0.1) is 0 Å². The monoisotopic (exact) mass is 439 g/mol. The lowest BCUT2D eigenvalue weighted by Gasteiger charge is -2.38. The van der Waals surface area contributed by atoms with Crippen LogP contribution in [0.1, 0.15) is 27.7 Å². The van der Waals surface area contributed by atoms with Gasteiger partial charge in [-0.25, -0.2) is 13.6 Å². The largest absolute Gasteiger partial charge is 0.468 e. The van der Waals surface area contributed by atoms with E-state index >= 15 is 0 Å². The van der Waals surface area contributed by atoms with Crippen molar-refractivity contribution in [1.29, 1.82) is 0 Å². The van der Waals surface area contributed by atoms with Crippen molar-refractivity contribution in [3.63, 3.8) is 0 Å². The molecule has 0 unspecified atom stereocenters. The van der Waals surface area contributed by atoms with Gasteiger partial charge in [0.25, 0.3) is 5.91 Å². The number of hydrogen-bond acceptors (Lipinski definition) is 5. The van der Waals surface area contributed by atoms with Crippen LogP contribution in [0.2, 0.25) is 0 Å². The van der Waals surface area contributed by atoms with E-state index in [4.69, 9.17) is 4.74 Å². The van der Waals surface area contributed by atoms with Gasteiger partial charge in [-0.2, -0.15) is 0 Å². The highest BCUT2D eigenvalue weighted by molar-refractivity contribution is 5.98. The Hall–Kier alpha value is -3.39. The first kappa shape index (κ1) is 21.8. The number of ether oxygens (including phenoxy) is 1. The summed E-state index contributed by atoms with van der Waals surface area (Å²) >= 11 is 0. The van der Waals surface area contributed by atoms with Crippen LogP contribution in [-0.4, -0.2) is 59.9 Å². The summed E-state index contributed by atoms with van der Waals surface area (Å²) in [7, 11) is 1.32. The Morgan fingerprint density at radius 2 is 1.62 bits per heavy atom. The lowest BCUT2D eigenvalue weighted by atomic mass is 10.0. The quantitative estimate of drug-likeness (QED) is 0.583. The van der Waals surface area contributed by atoms with E-state index in [1.807, 2.05) is 4.90 Å². The van der Waals surface area contributed by atoms with E-state index in [1.165, 1.54) is 31.4 Å². The fourth-order valence-corrected chi connectivity index (χ4v) is 4.06. The first-order valence-corrected chi connectivity index (χ1v) is 10.3. The van der Waals surface area contributed by atoms with E-state index in [-0.39, 0.29) is 17.5 Å². The number of piperazine rings is 1. The molecule has 166 valence electrons. The molecule has 32 heavy (non-hydrogen) atoms. The van der Waals surface area contributed by atoms with Crippen LogP contribution in [-0.2, 0) is 9.53 Å². The number of carbonyl (C=O) groups excluding carboxylic acids is 2. The average Bonchev–Trinajstić information content (AvgIpc) is 2.80. The van der Waals surface area contributed by atoms with Crippen molar-refractivity contribution in [3.8, 4) is 0 Å². The van der Waals surface area contributed by atoms with Gasteiger partial charge in [0, 0.05) is 37.6 Å². The number of aryl methyl sites for hydroxylation is 1. The number of amides is 1. The van der Waals surface area contributed by atoms with Crippen LogP contribution >= 0.6 is 0 Å². The molecule has 8 heteroatoms. The second-order valence-electron chi connectivity index (χ2n) is 7.76. The topological polar surface area (TPSA) is 62.7 Å².